The molecule has 0 spiro atoms. The molecule has 25 heavy (non-hydrogen) atoms. The quantitative estimate of drug-likeness (QED) is 0.626. The summed E-state index contributed by atoms with van der Waals surface area (Å²) in [6.45, 7) is 2.96. The second-order valence-electron chi connectivity index (χ2n) is 5.89. The van der Waals surface area contributed by atoms with Crippen molar-refractivity contribution in [3.05, 3.63) is 71.1 Å². The van der Waals surface area contributed by atoms with Gasteiger partial charge in [0.15, 0.2) is 0 Å². The number of nitrogens with one attached hydrogen (secondary N) is 1. The zero-order valence-corrected chi connectivity index (χ0v) is 15.6. The molecule has 3 aromatic rings. The number of methoxy groups -OCH3 is 2. The molecule has 1 atom stereocenters. The van der Waals surface area contributed by atoms with Crippen LogP contribution in [-0.2, 0) is 6.54 Å². The highest BCUT2D eigenvalue weighted by Crippen LogP contribution is 2.34. The molecule has 3 rings (SSSR count). The molecule has 1 N–H and O–H groups in total. The van der Waals surface area contributed by atoms with Crippen LogP contribution >= 0.6 is 11.3 Å². The summed E-state index contributed by atoms with van der Waals surface area (Å²) in [5, 5.41) is 5.67. The average Bonchev–Trinajstić information content (AvgIpc) is 3.20. The van der Waals surface area contributed by atoms with Gasteiger partial charge < -0.3 is 14.8 Å². The van der Waals surface area contributed by atoms with Crippen LogP contribution in [0.3, 0.4) is 0 Å². The molecule has 1 aromatic heterocycles. The van der Waals surface area contributed by atoms with Crippen LogP contribution in [0.5, 0.6) is 11.5 Å². The lowest BCUT2D eigenvalue weighted by Gasteiger charge is -2.16. The van der Waals surface area contributed by atoms with Crippen molar-refractivity contribution in [2.75, 3.05) is 14.2 Å². The largest absolute Gasteiger partial charge is 0.497 e. The first-order valence-electron chi connectivity index (χ1n) is 8.29. The Balaban J connectivity index is 1.73. The minimum absolute atomic E-state index is 0.238. The van der Waals surface area contributed by atoms with Crippen LogP contribution in [0.4, 0.5) is 0 Å². The van der Waals surface area contributed by atoms with Crippen LogP contribution in [0.25, 0.3) is 10.4 Å². The zero-order valence-electron chi connectivity index (χ0n) is 14.8. The molecule has 130 valence electrons. The molecule has 3 nitrogen and oxygen atoms in total. The minimum Gasteiger partial charge on any atom is -0.497 e. The lowest BCUT2D eigenvalue weighted by molar-refractivity contribution is 0.413. The van der Waals surface area contributed by atoms with Gasteiger partial charge in [0, 0.05) is 23.0 Å². The highest BCUT2D eigenvalue weighted by atomic mass is 32.1. The zero-order chi connectivity index (χ0) is 17.6. The summed E-state index contributed by atoms with van der Waals surface area (Å²) < 4.78 is 10.8. The minimum atomic E-state index is 0.238. The fraction of sp³-hybridized carbons (Fsp3) is 0.238. The van der Waals surface area contributed by atoms with Crippen molar-refractivity contribution in [2.24, 2.45) is 0 Å². The molecular formula is C21H23NO2S. The SMILES string of the molecule is COc1cccc([C@@H](C)NCc2ccc(OC)c(-c3cccs3)c2)c1. The van der Waals surface area contributed by atoms with E-state index in [4.69, 9.17) is 9.47 Å². The average molecular weight is 353 g/mol. The fourth-order valence-corrected chi connectivity index (χ4v) is 3.54. The second kappa shape index (κ2) is 8.19. The van der Waals surface area contributed by atoms with E-state index in [1.54, 1.807) is 25.6 Å². The van der Waals surface area contributed by atoms with Gasteiger partial charge in [0.2, 0.25) is 0 Å². The van der Waals surface area contributed by atoms with Crippen LogP contribution in [-0.4, -0.2) is 14.2 Å². The third-order valence-corrected chi connectivity index (χ3v) is 5.16. The Kier molecular flexibility index (Phi) is 5.74. The van der Waals surface area contributed by atoms with Gasteiger partial charge >= 0.3 is 0 Å². The van der Waals surface area contributed by atoms with Crippen LogP contribution in [0.15, 0.2) is 60.0 Å². The molecule has 0 bridgehead atoms. The van der Waals surface area contributed by atoms with Gasteiger partial charge in [-0.1, -0.05) is 24.3 Å². The molecule has 0 unspecified atom stereocenters. The smallest absolute Gasteiger partial charge is 0.127 e. The highest BCUT2D eigenvalue weighted by molar-refractivity contribution is 7.13. The van der Waals surface area contributed by atoms with E-state index >= 15 is 0 Å². The van der Waals surface area contributed by atoms with E-state index in [0.29, 0.717) is 0 Å². The number of rotatable bonds is 7. The molecule has 0 amide bonds. The van der Waals surface area contributed by atoms with Crippen LogP contribution < -0.4 is 14.8 Å². The van der Waals surface area contributed by atoms with Gasteiger partial charge in [-0.25, -0.2) is 0 Å². The van der Waals surface area contributed by atoms with E-state index < -0.39 is 0 Å². The maximum Gasteiger partial charge on any atom is 0.127 e. The van der Waals surface area contributed by atoms with Crippen molar-refractivity contribution < 1.29 is 9.47 Å². The number of hydrogen-bond donors (Lipinski definition) is 1. The van der Waals surface area contributed by atoms with Crippen LogP contribution in [0, 0.1) is 0 Å². The molecule has 0 aliphatic heterocycles. The van der Waals surface area contributed by atoms with Crippen molar-refractivity contribution in [3.8, 4) is 21.9 Å². The Labute approximate surface area is 153 Å². The van der Waals surface area contributed by atoms with Gasteiger partial charge in [-0.15, -0.1) is 11.3 Å². The van der Waals surface area contributed by atoms with E-state index in [0.717, 1.165) is 23.6 Å². The van der Waals surface area contributed by atoms with E-state index in [2.05, 4.69) is 54.0 Å². The molecule has 4 heteroatoms. The Hall–Kier alpha value is -2.30. The molecule has 0 aliphatic rings. The monoisotopic (exact) mass is 353 g/mol. The standard InChI is InChI=1S/C21H23NO2S/c1-15(17-6-4-7-18(13-17)23-2)22-14-16-9-10-20(24-3)19(12-16)21-8-5-11-25-21/h4-13,15,22H,14H2,1-3H3/t15-/m1/s1. The summed E-state index contributed by atoms with van der Waals surface area (Å²) in [7, 11) is 3.41. The molecule has 1 heterocycles. The van der Waals surface area contributed by atoms with Crippen molar-refractivity contribution in [1.29, 1.82) is 0 Å². The van der Waals surface area contributed by atoms with Gasteiger partial charge in [0.05, 0.1) is 14.2 Å². The summed E-state index contributed by atoms with van der Waals surface area (Å²) in [5.74, 6) is 1.79. The van der Waals surface area contributed by atoms with Crippen LogP contribution in [0.2, 0.25) is 0 Å². The van der Waals surface area contributed by atoms with Crippen molar-refractivity contribution in [3.63, 3.8) is 0 Å². The summed E-state index contributed by atoms with van der Waals surface area (Å²) in [5.41, 5.74) is 3.59. The Morgan fingerprint density at radius 1 is 1.00 bits per heavy atom. The summed E-state index contributed by atoms with van der Waals surface area (Å²) >= 11 is 1.73. The highest BCUT2D eigenvalue weighted by Gasteiger charge is 2.10. The molecule has 0 radical (unpaired) electrons. The molecule has 2 aromatic carbocycles. The Bertz CT molecular complexity index is 815. The van der Waals surface area contributed by atoms with E-state index in [-0.39, 0.29) is 6.04 Å². The predicted molar refractivity (Wildman–Crippen MR) is 105 cm³/mol. The normalized spacial score (nSPS) is 12.0. The molecule has 0 saturated heterocycles. The Morgan fingerprint density at radius 3 is 2.60 bits per heavy atom. The third-order valence-electron chi connectivity index (χ3n) is 4.26. The maximum absolute atomic E-state index is 5.52. The molecule has 0 aliphatic carbocycles. The summed E-state index contributed by atoms with van der Waals surface area (Å²) in [6, 6.07) is 19.0. The number of ether oxygens (including phenoxy) is 2. The second-order valence-corrected chi connectivity index (χ2v) is 6.84. The predicted octanol–water partition coefficient (Wildman–Crippen LogP) is 5.28. The van der Waals surface area contributed by atoms with Crippen molar-refractivity contribution in [2.45, 2.75) is 19.5 Å². The van der Waals surface area contributed by atoms with Gasteiger partial charge in [-0.05, 0) is 53.8 Å². The number of benzene rings is 2. The number of thiophene rings is 1. The molecular weight excluding hydrogens is 330 g/mol. The summed E-state index contributed by atoms with van der Waals surface area (Å²) in [6.07, 6.45) is 0. The van der Waals surface area contributed by atoms with E-state index in [9.17, 15) is 0 Å². The number of hydrogen-bond acceptors (Lipinski definition) is 4. The fourth-order valence-electron chi connectivity index (χ4n) is 2.79. The van der Waals surface area contributed by atoms with Gasteiger partial charge in [-0.3, -0.25) is 0 Å². The topological polar surface area (TPSA) is 30.5 Å². The van der Waals surface area contributed by atoms with Crippen molar-refractivity contribution in [1.82, 2.24) is 5.32 Å². The Morgan fingerprint density at radius 2 is 1.88 bits per heavy atom. The van der Waals surface area contributed by atoms with Crippen LogP contribution in [0.1, 0.15) is 24.1 Å². The first-order chi connectivity index (χ1) is 12.2. The maximum atomic E-state index is 5.52. The lowest BCUT2D eigenvalue weighted by Crippen LogP contribution is -2.18. The van der Waals surface area contributed by atoms with E-state index in [1.807, 2.05) is 18.2 Å². The lowest BCUT2D eigenvalue weighted by atomic mass is 10.1. The van der Waals surface area contributed by atoms with Gasteiger partial charge in [0.1, 0.15) is 11.5 Å². The van der Waals surface area contributed by atoms with E-state index in [1.165, 1.54) is 16.0 Å². The molecule has 0 saturated carbocycles. The first-order valence-corrected chi connectivity index (χ1v) is 9.17. The summed E-state index contributed by atoms with van der Waals surface area (Å²) in [4.78, 5) is 1.22. The third kappa shape index (κ3) is 4.21. The van der Waals surface area contributed by atoms with Gasteiger partial charge in [0.25, 0.3) is 0 Å². The van der Waals surface area contributed by atoms with Gasteiger partial charge in [-0.2, -0.15) is 0 Å². The molecule has 0 fully saturated rings. The van der Waals surface area contributed by atoms with Crippen molar-refractivity contribution >= 4 is 11.3 Å². The first kappa shape index (κ1) is 17.5.